The first-order valence-electron chi connectivity index (χ1n) is 5.73. The molecule has 4 heteroatoms. The van der Waals surface area contributed by atoms with Crippen molar-refractivity contribution >= 4 is 5.97 Å². The van der Waals surface area contributed by atoms with Gasteiger partial charge < -0.3 is 5.11 Å². The minimum absolute atomic E-state index is 0.180. The molecule has 1 aromatic carbocycles. The zero-order valence-corrected chi connectivity index (χ0v) is 10.3. The van der Waals surface area contributed by atoms with Crippen LogP contribution in [0.4, 0.5) is 4.39 Å². The lowest BCUT2D eigenvalue weighted by Crippen LogP contribution is -2.34. The molecule has 0 fully saturated rings. The highest BCUT2D eigenvalue weighted by Gasteiger charge is 2.22. The summed E-state index contributed by atoms with van der Waals surface area (Å²) in [5.74, 6) is 1.11. The second kappa shape index (κ2) is 6.77. The summed E-state index contributed by atoms with van der Waals surface area (Å²) in [4.78, 5) is 12.4. The first-order valence-corrected chi connectivity index (χ1v) is 5.73. The van der Waals surface area contributed by atoms with E-state index in [4.69, 9.17) is 11.5 Å². The van der Waals surface area contributed by atoms with Gasteiger partial charge in [-0.25, -0.2) is 4.39 Å². The van der Waals surface area contributed by atoms with Crippen molar-refractivity contribution in [1.29, 1.82) is 0 Å². The molecule has 1 aromatic rings. The normalized spacial score (nSPS) is 12.1. The highest BCUT2D eigenvalue weighted by molar-refractivity contribution is 5.69. The van der Waals surface area contributed by atoms with Crippen LogP contribution in [0.5, 0.6) is 0 Å². The number of hydrogen-bond donors (Lipinski definition) is 1. The lowest BCUT2D eigenvalue weighted by Gasteiger charge is -2.28. The van der Waals surface area contributed by atoms with Gasteiger partial charge in [0.05, 0.1) is 13.1 Å². The SMILES string of the molecule is C#CCN(CC(=O)O)C(CC)c1ccccc1F. The molecule has 1 N–H and O–H groups in total. The third-order valence-electron chi connectivity index (χ3n) is 2.72. The van der Waals surface area contributed by atoms with Crippen molar-refractivity contribution in [3.05, 3.63) is 35.6 Å². The van der Waals surface area contributed by atoms with Crippen LogP contribution < -0.4 is 0 Å². The Morgan fingerprint density at radius 1 is 1.56 bits per heavy atom. The molecule has 0 aliphatic carbocycles. The van der Waals surface area contributed by atoms with Crippen molar-refractivity contribution in [3.63, 3.8) is 0 Å². The van der Waals surface area contributed by atoms with Gasteiger partial charge in [-0.1, -0.05) is 31.0 Å². The fourth-order valence-electron chi connectivity index (χ4n) is 1.99. The number of carboxylic acids is 1. The topological polar surface area (TPSA) is 40.5 Å². The number of benzene rings is 1. The van der Waals surface area contributed by atoms with Gasteiger partial charge in [-0.2, -0.15) is 0 Å². The quantitative estimate of drug-likeness (QED) is 0.786. The molecule has 0 bridgehead atoms. The Labute approximate surface area is 106 Å². The number of nitrogens with zero attached hydrogens (tertiary/aromatic N) is 1. The number of terminal acetylenes is 1. The van der Waals surface area contributed by atoms with Gasteiger partial charge >= 0.3 is 5.97 Å². The van der Waals surface area contributed by atoms with Crippen LogP contribution in [0.2, 0.25) is 0 Å². The van der Waals surface area contributed by atoms with E-state index in [1.165, 1.54) is 6.07 Å². The van der Waals surface area contributed by atoms with Gasteiger partial charge in [0.15, 0.2) is 0 Å². The highest BCUT2D eigenvalue weighted by Crippen LogP contribution is 2.25. The number of hydrogen-bond acceptors (Lipinski definition) is 2. The number of halogens is 1. The van der Waals surface area contributed by atoms with Crippen LogP contribution in [-0.2, 0) is 4.79 Å². The monoisotopic (exact) mass is 249 g/mol. The Bertz CT molecular complexity index is 453. The summed E-state index contributed by atoms with van der Waals surface area (Å²) in [6.07, 6.45) is 5.83. The summed E-state index contributed by atoms with van der Waals surface area (Å²) in [7, 11) is 0. The van der Waals surface area contributed by atoms with Gasteiger partial charge in [-0.3, -0.25) is 9.69 Å². The van der Waals surface area contributed by atoms with E-state index in [0.717, 1.165) is 0 Å². The molecule has 0 heterocycles. The first kappa shape index (κ1) is 14.2. The Hall–Kier alpha value is -1.86. The summed E-state index contributed by atoms with van der Waals surface area (Å²) in [5.41, 5.74) is 0.483. The predicted octanol–water partition coefficient (Wildman–Crippen LogP) is 2.30. The van der Waals surface area contributed by atoms with Crippen molar-refractivity contribution in [3.8, 4) is 12.3 Å². The van der Waals surface area contributed by atoms with Crippen LogP contribution in [0, 0.1) is 18.2 Å². The van der Waals surface area contributed by atoms with Gasteiger partial charge in [-0.15, -0.1) is 6.42 Å². The zero-order valence-electron chi connectivity index (χ0n) is 10.3. The Balaban J connectivity index is 3.02. The summed E-state index contributed by atoms with van der Waals surface area (Å²) in [6, 6.07) is 6.05. The van der Waals surface area contributed by atoms with Crippen molar-refractivity contribution in [2.24, 2.45) is 0 Å². The molecule has 0 radical (unpaired) electrons. The van der Waals surface area contributed by atoms with Crippen LogP contribution in [0.3, 0.4) is 0 Å². The van der Waals surface area contributed by atoms with E-state index < -0.39 is 5.97 Å². The minimum Gasteiger partial charge on any atom is -0.480 e. The van der Waals surface area contributed by atoms with E-state index in [1.54, 1.807) is 23.1 Å². The standard InChI is InChI=1S/C14H16FNO2/c1-3-9-16(10-14(17)18)13(4-2)11-7-5-6-8-12(11)15/h1,5-8,13H,4,9-10H2,2H3,(H,17,18). The molecule has 0 aliphatic rings. The Morgan fingerprint density at radius 2 is 2.22 bits per heavy atom. The molecule has 0 aromatic heterocycles. The van der Waals surface area contributed by atoms with Gasteiger partial charge in [0.25, 0.3) is 0 Å². The predicted molar refractivity (Wildman–Crippen MR) is 67.5 cm³/mol. The number of carbonyl (C=O) groups is 1. The molecule has 1 atom stereocenters. The highest BCUT2D eigenvalue weighted by atomic mass is 19.1. The number of carboxylic acid groups (broad SMARTS) is 1. The van der Waals surface area contributed by atoms with Gasteiger partial charge in [0.2, 0.25) is 0 Å². The van der Waals surface area contributed by atoms with Crippen LogP contribution in [0.1, 0.15) is 24.9 Å². The fourth-order valence-corrected chi connectivity index (χ4v) is 1.99. The molecular weight excluding hydrogens is 233 g/mol. The average molecular weight is 249 g/mol. The lowest BCUT2D eigenvalue weighted by molar-refractivity contribution is -0.138. The number of aliphatic carboxylic acids is 1. The Morgan fingerprint density at radius 3 is 2.72 bits per heavy atom. The average Bonchev–Trinajstić information content (AvgIpc) is 2.32. The van der Waals surface area contributed by atoms with E-state index >= 15 is 0 Å². The molecule has 96 valence electrons. The smallest absolute Gasteiger partial charge is 0.317 e. The Kier molecular flexibility index (Phi) is 5.34. The van der Waals surface area contributed by atoms with Crippen LogP contribution in [0.15, 0.2) is 24.3 Å². The van der Waals surface area contributed by atoms with Crippen molar-refractivity contribution < 1.29 is 14.3 Å². The van der Waals surface area contributed by atoms with Crippen molar-refractivity contribution in [2.75, 3.05) is 13.1 Å². The van der Waals surface area contributed by atoms with Crippen molar-refractivity contribution in [2.45, 2.75) is 19.4 Å². The van der Waals surface area contributed by atoms with Gasteiger partial charge in [-0.05, 0) is 12.5 Å². The molecule has 0 amide bonds. The molecular formula is C14H16FNO2. The van der Waals surface area contributed by atoms with E-state index in [9.17, 15) is 9.18 Å². The molecule has 3 nitrogen and oxygen atoms in total. The maximum Gasteiger partial charge on any atom is 0.317 e. The molecule has 1 unspecified atom stereocenters. The lowest BCUT2D eigenvalue weighted by atomic mass is 10.0. The van der Waals surface area contributed by atoms with E-state index in [2.05, 4.69) is 5.92 Å². The molecule has 0 saturated carbocycles. The second-order valence-corrected chi connectivity index (χ2v) is 3.95. The van der Waals surface area contributed by atoms with Gasteiger partial charge in [0, 0.05) is 11.6 Å². The minimum atomic E-state index is -0.972. The summed E-state index contributed by atoms with van der Waals surface area (Å²) >= 11 is 0. The van der Waals surface area contributed by atoms with Crippen LogP contribution in [-0.4, -0.2) is 29.1 Å². The summed E-state index contributed by atoms with van der Waals surface area (Å²) in [5, 5.41) is 8.87. The van der Waals surface area contributed by atoms with Crippen molar-refractivity contribution in [1.82, 2.24) is 4.90 Å². The summed E-state index contributed by atoms with van der Waals surface area (Å²) < 4.78 is 13.7. The van der Waals surface area contributed by atoms with Crippen LogP contribution in [0.25, 0.3) is 0 Å². The third-order valence-corrected chi connectivity index (χ3v) is 2.72. The second-order valence-electron chi connectivity index (χ2n) is 3.95. The van der Waals surface area contributed by atoms with Gasteiger partial charge in [0.1, 0.15) is 5.82 Å². The van der Waals surface area contributed by atoms with E-state index in [1.807, 2.05) is 6.92 Å². The zero-order chi connectivity index (χ0) is 13.5. The summed E-state index contributed by atoms with van der Waals surface area (Å²) in [6.45, 7) is 1.86. The molecule has 0 spiro atoms. The molecule has 1 rings (SSSR count). The largest absolute Gasteiger partial charge is 0.480 e. The molecule has 18 heavy (non-hydrogen) atoms. The first-order chi connectivity index (χ1) is 8.60. The molecule has 0 aliphatic heterocycles. The fraction of sp³-hybridized carbons (Fsp3) is 0.357. The third kappa shape index (κ3) is 3.57. The maximum atomic E-state index is 13.7. The van der Waals surface area contributed by atoms with E-state index in [0.29, 0.717) is 12.0 Å². The van der Waals surface area contributed by atoms with Crippen LogP contribution >= 0.6 is 0 Å². The number of rotatable bonds is 6. The van der Waals surface area contributed by atoms with E-state index in [-0.39, 0.29) is 24.9 Å². The molecule has 0 saturated heterocycles. The maximum absolute atomic E-state index is 13.7.